The van der Waals surface area contributed by atoms with Gasteiger partial charge in [0.15, 0.2) is 0 Å². The monoisotopic (exact) mass is 301 g/mol. The van der Waals surface area contributed by atoms with Crippen molar-refractivity contribution in [3.8, 4) is 0 Å². The zero-order valence-electron chi connectivity index (χ0n) is 9.41. The van der Waals surface area contributed by atoms with Gasteiger partial charge in [-0.15, -0.1) is 11.3 Å². The highest BCUT2D eigenvalue weighted by atomic mass is 79.9. The maximum atomic E-state index is 12.4. The minimum absolute atomic E-state index is 0.230. The van der Waals surface area contributed by atoms with Crippen LogP contribution in [0.5, 0.6) is 0 Å². The number of carbonyl (C=O) groups excluding carboxylic acids is 1. The summed E-state index contributed by atoms with van der Waals surface area (Å²) in [4.78, 5) is 15.3. The van der Waals surface area contributed by atoms with Gasteiger partial charge in [0, 0.05) is 17.9 Å². The number of likely N-dealkylation sites (tertiary alicyclic amines) is 1. The van der Waals surface area contributed by atoms with Crippen LogP contribution in [0, 0.1) is 0 Å². The predicted molar refractivity (Wildman–Crippen MR) is 71.5 cm³/mol. The van der Waals surface area contributed by atoms with Crippen LogP contribution in [0.15, 0.2) is 11.4 Å². The van der Waals surface area contributed by atoms with Crippen LogP contribution in [0.1, 0.15) is 35.0 Å². The SMILES string of the molecule is CCc1ccsc1C(=O)N1CCCC1CBr. The molecular formula is C12H16BrNOS. The average Bonchev–Trinajstić information content (AvgIpc) is 2.96. The number of hydrogen-bond donors (Lipinski definition) is 0. The Balaban J connectivity index is 2.18. The summed E-state index contributed by atoms with van der Waals surface area (Å²) in [5.74, 6) is 0.230. The molecule has 2 heterocycles. The van der Waals surface area contributed by atoms with Crippen LogP contribution in [0.3, 0.4) is 0 Å². The Morgan fingerprint density at radius 3 is 3.19 bits per heavy atom. The first-order chi connectivity index (χ1) is 7.77. The van der Waals surface area contributed by atoms with Crippen molar-refractivity contribution in [2.24, 2.45) is 0 Å². The van der Waals surface area contributed by atoms with Gasteiger partial charge in [0.25, 0.3) is 5.91 Å². The van der Waals surface area contributed by atoms with Crippen molar-refractivity contribution in [2.45, 2.75) is 32.2 Å². The van der Waals surface area contributed by atoms with Crippen molar-refractivity contribution >= 4 is 33.2 Å². The lowest BCUT2D eigenvalue weighted by Gasteiger charge is -2.22. The molecule has 16 heavy (non-hydrogen) atoms. The van der Waals surface area contributed by atoms with Crippen molar-refractivity contribution in [3.05, 3.63) is 21.9 Å². The number of carbonyl (C=O) groups is 1. The van der Waals surface area contributed by atoms with Crippen molar-refractivity contribution in [2.75, 3.05) is 11.9 Å². The van der Waals surface area contributed by atoms with E-state index in [0.717, 1.165) is 36.0 Å². The molecule has 88 valence electrons. The number of nitrogens with zero attached hydrogens (tertiary/aromatic N) is 1. The molecule has 0 bridgehead atoms. The molecule has 0 aromatic carbocycles. The van der Waals surface area contributed by atoms with E-state index in [1.54, 1.807) is 11.3 Å². The highest BCUT2D eigenvalue weighted by molar-refractivity contribution is 9.09. The Morgan fingerprint density at radius 1 is 1.69 bits per heavy atom. The first kappa shape index (κ1) is 12.1. The fourth-order valence-corrected chi connectivity index (χ4v) is 3.82. The largest absolute Gasteiger partial charge is 0.334 e. The second-order valence-corrected chi connectivity index (χ2v) is 5.64. The second kappa shape index (κ2) is 5.32. The standard InChI is InChI=1S/C12H16BrNOS/c1-2-9-5-7-16-11(9)12(15)14-6-3-4-10(14)8-13/h5,7,10H,2-4,6,8H2,1H3. The van der Waals surface area contributed by atoms with Gasteiger partial charge in [-0.2, -0.15) is 0 Å². The molecule has 1 fully saturated rings. The van der Waals surface area contributed by atoms with E-state index in [4.69, 9.17) is 0 Å². The third-order valence-corrected chi connectivity index (χ3v) is 4.83. The molecule has 1 aliphatic rings. The molecule has 0 N–H and O–H groups in total. The van der Waals surface area contributed by atoms with E-state index in [1.165, 1.54) is 5.56 Å². The summed E-state index contributed by atoms with van der Waals surface area (Å²) >= 11 is 5.07. The first-order valence-corrected chi connectivity index (χ1v) is 7.71. The van der Waals surface area contributed by atoms with Crippen LogP contribution >= 0.6 is 27.3 Å². The first-order valence-electron chi connectivity index (χ1n) is 5.71. The predicted octanol–water partition coefficient (Wildman–Crippen LogP) is 3.31. The van der Waals surface area contributed by atoms with Gasteiger partial charge in [-0.1, -0.05) is 22.9 Å². The highest BCUT2D eigenvalue weighted by Crippen LogP contribution is 2.25. The van der Waals surface area contributed by atoms with Crippen LogP contribution in [0.4, 0.5) is 0 Å². The van der Waals surface area contributed by atoms with Crippen LogP contribution in [-0.2, 0) is 6.42 Å². The van der Waals surface area contributed by atoms with Gasteiger partial charge in [0.1, 0.15) is 0 Å². The van der Waals surface area contributed by atoms with Crippen molar-refractivity contribution < 1.29 is 4.79 Å². The second-order valence-electron chi connectivity index (χ2n) is 4.08. The lowest BCUT2D eigenvalue weighted by molar-refractivity contribution is 0.0754. The van der Waals surface area contributed by atoms with Crippen LogP contribution < -0.4 is 0 Å². The summed E-state index contributed by atoms with van der Waals surface area (Å²) in [6.45, 7) is 3.01. The van der Waals surface area contributed by atoms with E-state index in [1.807, 2.05) is 10.3 Å². The van der Waals surface area contributed by atoms with E-state index in [0.29, 0.717) is 6.04 Å². The van der Waals surface area contributed by atoms with Gasteiger partial charge in [0.2, 0.25) is 0 Å². The number of alkyl halides is 1. The summed E-state index contributed by atoms with van der Waals surface area (Å²) in [6, 6.07) is 2.45. The smallest absolute Gasteiger partial charge is 0.264 e. The third-order valence-electron chi connectivity index (χ3n) is 3.14. The molecular weight excluding hydrogens is 286 g/mol. The quantitative estimate of drug-likeness (QED) is 0.785. The molecule has 1 aliphatic heterocycles. The molecule has 1 saturated heterocycles. The Bertz CT molecular complexity index is 377. The molecule has 2 nitrogen and oxygen atoms in total. The lowest BCUT2D eigenvalue weighted by atomic mass is 10.2. The number of aryl methyl sites for hydroxylation is 1. The van der Waals surface area contributed by atoms with E-state index >= 15 is 0 Å². The molecule has 1 amide bonds. The lowest BCUT2D eigenvalue weighted by Crippen LogP contribution is -2.36. The minimum atomic E-state index is 0.230. The fourth-order valence-electron chi connectivity index (χ4n) is 2.20. The van der Waals surface area contributed by atoms with Gasteiger partial charge < -0.3 is 4.90 Å². The van der Waals surface area contributed by atoms with Crippen LogP contribution in [0.25, 0.3) is 0 Å². The zero-order chi connectivity index (χ0) is 11.5. The Kier molecular flexibility index (Phi) is 4.03. The molecule has 4 heteroatoms. The molecule has 0 saturated carbocycles. The summed E-state index contributed by atoms with van der Waals surface area (Å²) in [5.41, 5.74) is 1.19. The maximum Gasteiger partial charge on any atom is 0.264 e. The highest BCUT2D eigenvalue weighted by Gasteiger charge is 2.29. The summed E-state index contributed by atoms with van der Waals surface area (Å²) in [5, 5.41) is 2.91. The average molecular weight is 302 g/mol. The Hall–Kier alpha value is -0.350. The molecule has 2 rings (SSSR count). The maximum absolute atomic E-state index is 12.4. The molecule has 0 aliphatic carbocycles. The number of rotatable bonds is 3. The number of hydrogen-bond acceptors (Lipinski definition) is 2. The van der Waals surface area contributed by atoms with Gasteiger partial charge in [-0.3, -0.25) is 4.79 Å². The van der Waals surface area contributed by atoms with E-state index < -0.39 is 0 Å². The van der Waals surface area contributed by atoms with Gasteiger partial charge in [-0.05, 0) is 36.3 Å². The number of amides is 1. The summed E-state index contributed by atoms with van der Waals surface area (Å²) < 4.78 is 0. The van der Waals surface area contributed by atoms with Gasteiger partial charge in [-0.25, -0.2) is 0 Å². The van der Waals surface area contributed by atoms with E-state index in [9.17, 15) is 4.79 Å². The van der Waals surface area contributed by atoms with Crippen molar-refractivity contribution in [1.29, 1.82) is 0 Å². The minimum Gasteiger partial charge on any atom is -0.334 e. The number of thiophene rings is 1. The Morgan fingerprint density at radius 2 is 2.50 bits per heavy atom. The normalized spacial score (nSPS) is 20.4. The zero-order valence-corrected chi connectivity index (χ0v) is 11.8. The molecule has 1 aromatic heterocycles. The molecule has 1 unspecified atom stereocenters. The molecule has 0 spiro atoms. The summed E-state index contributed by atoms with van der Waals surface area (Å²) in [7, 11) is 0. The molecule has 1 atom stereocenters. The van der Waals surface area contributed by atoms with Crippen LogP contribution in [-0.4, -0.2) is 28.7 Å². The molecule has 1 aromatic rings. The Labute approximate surface area is 109 Å². The van der Waals surface area contributed by atoms with E-state index in [2.05, 4.69) is 28.9 Å². The molecule has 0 radical (unpaired) electrons. The third kappa shape index (κ3) is 2.18. The van der Waals surface area contributed by atoms with Gasteiger partial charge >= 0.3 is 0 Å². The van der Waals surface area contributed by atoms with Gasteiger partial charge in [0.05, 0.1) is 4.88 Å². The van der Waals surface area contributed by atoms with Crippen molar-refractivity contribution in [3.63, 3.8) is 0 Å². The topological polar surface area (TPSA) is 20.3 Å². The summed E-state index contributed by atoms with van der Waals surface area (Å²) in [6.07, 6.45) is 3.20. The fraction of sp³-hybridized carbons (Fsp3) is 0.583. The van der Waals surface area contributed by atoms with E-state index in [-0.39, 0.29) is 5.91 Å². The van der Waals surface area contributed by atoms with Crippen LogP contribution in [0.2, 0.25) is 0 Å². The van der Waals surface area contributed by atoms with Crippen molar-refractivity contribution in [1.82, 2.24) is 4.90 Å². The number of halogens is 1.